The summed E-state index contributed by atoms with van der Waals surface area (Å²) < 4.78 is 12.8. The Hall–Kier alpha value is -4.51. The summed E-state index contributed by atoms with van der Waals surface area (Å²) in [4.78, 5) is 35.9. The van der Waals surface area contributed by atoms with Gasteiger partial charge in [-0.15, -0.1) is 0 Å². The average molecular weight is 611 g/mol. The van der Waals surface area contributed by atoms with Gasteiger partial charge in [0, 0.05) is 63.0 Å². The molecule has 1 saturated heterocycles. The van der Waals surface area contributed by atoms with E-state index in [9.17, 15) is 9.59 Å². The number of rotatable bonds is 12. The Bertz CT molecular complexity index is 1740. The van der Waals surface area contributed by atoms with E-state index < -0.39 is 0 Å². The van der Waals surface area contributed by atoms with Crippen LogP contribution in [0, 0.1) is 6.92 Å². The van der Waals surface area contributed by atoms with E-state index in [2.05, 4.69) is 34.1 Å². The Morgan fingerprint density at radius 2 is 1.87 bits per heavy atom. The number of hydrogen-bond acceptors (Lipinski definition) is 8. The lowest BCUT2D eigenvalue weighted by Gasteiger charge is -2.32. The molecule has 5 rings (SSSR count). The van der Waals surface area contributed by atoms with Crippen molar-refractivity contribution in [2.24, 2.45) is 0 Å². The number of carbonyl (C=O) groups excluding carboxylic acids is 1. The van der Waals surface area contributed by atoms with Crippen molar-refractivity contribution in [3.8, 4) is 16.9 Å². The zero-order chi connectivity index (χ0) is 31.9. The third-order valence-electron chi connectivity index (χ3n) is 8.22. The van der Waals surface area contributed by atoms with Gasteiger partial charge < -0.3 is 34.5 Å². The largest absolute Gasteiger partial charge is 0.497 e. The molecule has 0 spiro atoms. The lowest BCUT2D eigenvalue weighted by Crippen LogP contribution is -2.44. The summed E-state index contributed by atoms with van der Waals surface area (Å²) in [6.07, 6.45) is 3.85. The number of aromatic nitrogens is 2. The molecule has 2 aromatic carbocycles. The van der Waals surface area contributed by atoms with Crippen LogP contribution in [-0.4, -0.2) is 79.2 Å². The fraction of sp³-hybridized carbons (Fsp3) is 0.343. The number of ether oxygens (including phenoxy) is 2. The van der Waals surface area contributed by atoms with Crippen LogP contribution in [0.3, 0.4) is 0 Å². The van der Waals surface area contributed by atoms with Crippen molar-refractivity contribution in [3.63, 3.8) is 0 Å². The lowest BCUT2D eigenvalue weighted by atomic mass is 10.0. The third kappa shape index (κ3) is 7.59. The van der Waals surface area contributed by atoms with Gasteiger partial charge in [0.05, 0.1) is 30.6 Å². The first kappa shape index (κ1) is 31.9. The zero-order valence-electron chi connectivity index (χ0n) is 26.6. The van der Waals surface area contributed by atoms with E-state index in [-0.39, 0.29) is 11.5 Å². The summed E-state index contributed by atoms with van der Waals surface area (Å²) in [6, 6.07) is 15.2. The van der Waals surface area contributed by atoms with Gasteiger partial charge in [0.1, 0.15) is 11.6 Å². The highest BCUT2D eigenvalue weighted by atomic mass is 16.5. The Balaban J connectivity index is 1.55. The number of piperazine rings is 1. The SMILES string of the molecule is C=CC(=O)Nc1cccc(C)c1Nc1cc2c(cn1)cc(-c1cc(COC)cc(OC)c1)c(=O)n2CCCN1CCN(C)CC1. The standard InChI is InChI=1S/C35H42N6O4/c1-6-33(42)37-30-10-7-9-24(2)34(30)38-32-21-31-27(22-36-32)20-29(26-17-25(23-44-4)18-28(19-26)45-5)35(43)41(31)12-8-11-40-15-13-39(3)14-16-40/h6-7,9-10,17-22H,1,8,11-16,23H2,2-5H3,(H,36,38)(H,37,42). The maximum atomic E-state index is 14.3. The van der Waals surface area contributed by atoms with E-state index in [0.29, 0.717) is 36.0 Å². The van der Waals surface area contributed by atoms with E-state index >= 15 is 0 Å². The number of aryl methyl sites for hydroxylation is 2. The number of nitrogens with one attached hydrogen (secondary N) is 2. The highest BCUT2D eigenvalue weighted by Crippen LogP contribution is 2.31. The van der Waals surface area contributed by atoms with Gasteiger partial charge in [-0.2, -0.15) is 0 Å². The monoisotopic (exact) mass is 610 g/mol. The van der Waals surface area contributed by atoms with Gasteiger partial charge in [0.2, 0.25) is 5.91 Å². The second-order valence-corrected chi connectivity index (χ2v) is 11.5. The zero-order valence-corrected chi connectivity index (χ0v) is 26.6. The number of anilines is 3. The topological polar surface area (TPSA) is 101 Å². The first-order chi connectivity index (χ1) is 21.8. The minimum Gasteiger partial charge on any atom is -0.497 e. The van der Waals surface area contributed by atoms with E-state index in [1.807, 2.05) is 60.0 Å². The number of amides is 1. The number of benzene rings is 2. The number of likely N-dealkylation sites (N-methyl/N-ethyl adjacent to an activating group) is 1. The molecular formula is C35H42N6O4. The summed E-state index contributed by atoms with van der Waals surface area (Å²) in [5.74, 6) is 0.925. The molecule has 2 N–H and O–H groups in total. The summed E-state index contributed by atoms with van der Waals surface area (Å²) in [5, 5.41) is 7.09. The van der Waals surface area contributed by atoms with Gasteiger partial charge in [0.15, 0.2) is 0 Å². The van der Waals surface area contributed by atoms with Crippen molar-refractivity contribution in [3.05, 3.63) is 88.9 Å². The van der Waals surface area contributed by atoms with Crippen LogP contribution in [0.1, 0.15) is 17.5 Å². The van der Waals surface area contributed by atoms with Crippen molar-refractivity contribution < 1.29 is 14.3 Å². The molecule has 0 saturated carbocycles. The van der Waals surface area contributed by atoms with E-state index in [1.54, 1.807) is 20.4 Å². The second kappa shape index (κ2) is 14.5. The van der Waals surface area contributed by atoms with Crippen LogP contribution in [0.15, 0.2) is 72.2 Å². The molecule has 1 aliphatic heterocycles. The van der Waals surface area contributed by atoms with E-state index in [4.69, 9.17) is 14.5 Å². The minimum absolute atomic E-state index is 0.0792. The van der Waals surface area contributed by atoms with Crippen LogP contribution in [0.4, 0.5) is 17.2 Å². The molecule has 0 radical (unpaired) electrons. The Kier molecular flexibility index (Phi) is 10.3. The van der Waals surface area contributed by atoms with Crippen molar-refractivity contribution in [2.45, 2.75) is 26.5 Å². The van der Waals surface area contributed by atoms with E-state index in [0.717, 1.165) is 72.4 Å². The van der Waals surface area contributed by atoms with Crippen molar-refractivity contribution in [1.29, 1.82) is 0 Å². The number of fused-ring (bicyclic) bond motifs is 1. The summed E-state index contributed by atoms with van der Waals surface area (Å²) in [6.45, 7) is 11.5. The highest BCUT2D eigenvalue weighted by molar-refractivity contribution is 6.02. The molecule has 3 heterocycles. The molecule has 0 unspecified atom stereocenters. The molecule has 1 aliphatic rings. The summed E-state index contributed by atoms with van der Waals surface area (Å²) in [7, 11) is 5.42. The smallest absolute Gasteiger partial charge is 0.258 e. The quantitative estimate of drug-likeness (QED) is 0.216. The lowest BCUT2D eigenvalue weighted by molar-refractivity contribution is -0.111. The van der Waals surface area contributed by atoms with Crippen molar-refractivity contribution >= 4 is 34.0 Å². The molecule has 0 atom stereocenters. The fourth-order valence-electron chi connectivity index (χ4n) is 5.73. The van der Waals surface area contributed by atoms with Gasteiger partial charge in [-0.3, -0.25) is 9.59 Å². The number of nitrogens with zero attached hydrogens (tertiary/aromatic N) is 4. The maximum absolute atomic E-state index is 14.3. The molecule has 236 valence electrons. The Labute approximate surface area is 264 Å². The molecule has 0 aliphatic carbocycles. The molecule has 2 aromatic heterocycles. The van der Waals surface area contributed by atoms with Gasteiger partial charge in [-0.05, 0) is 80.0 Å². The van der Waals surface area contributed by atoms with Crippen LogP contribution >= 0.6 is 0 Å². The predicted octanol–water partition coefficient (Wildman–Crippen LogP) is 5.03. The summed E-state index contributed by atoms with van der Waals surface area (Å²) in [5.41, 5.74) is 5.25. The number of pyridine rings is 2. The molecule has 10 heteroatoms. The molecule has 4 aromatic rings. The Morgan fingerprint density at radius 3 is 2.60 bits per heavy atom. The number of methoxy groups -OCH3 is 2. The van der Waals surface area contributed by atoms with Gasteiger partial charge in [-0.25, -0.2) is 4.98 Å². The van der Waals surface area contributed by atoms with Crippen LogP contribution < -0.4 is 20.9 Å². The van der Waals surface area contributed by atoms with Gasteiger partial charge in [0.25, 0.3) is 5.56 Å². The molecule has 0 bridgehead atoms. The van der Waals surface area contributed by atoms with Crippen LogP contribution in [0.2, 0.25) is 0 Å². The van der Waals surface area contributed by atoms with Gasteiger partial charge in [-0.1, -0.05) is 18.7 Å². The normalized spacial score (nSPS) is 14.0. The minimum atomic E-state index is -0.303. The van der Waals surface area contributed by atoms with Crippen molar-refractivity contribution in [1.82, 2.24) is 19.4 Å². The molecule has 10 nitrogen and oxygen atoms in total. The third-order valence-corrected chi connectivity index (χ3v) is 8.22. The van der Waals surface area contributed by atoms with Crippen LogP contribution in [-0.2, 0) is 22.7 Å². The number of para-hydroxylation sites is 1. The summed E-state index contributed by atoms with van der Waals surface area (Å²) >= 11 is 0. The number of hydrogen-bond donors (Lipinski definition) is 2. The van der Waals surface area contributed by atoms with Crippen LogP contribution in [0.5, 0.6) is 5.75 Å². The highest BCUT2D eigenvalue weighted by Gasteiger charge is 2.17. The average Bonchev–Trinajstić information content (AvgIpc) is 3.04. The molecule has 45 heavy (non-hydrogen) atoms. The van der Waals surface area contributed by atoms with Crippen LogP contribution in [0.25, 0.3) is 22.0 Å². The fourth-order valence-corrected chi connectivity index (χ4v) is 5.73. The van der Waals surface area contributed by atoms with Gasteiger partial charge >= 0.3 is 0 Å². The molecule has 1 amide bonds. The van der Waals surface area contributed by atoms with Crippen molar-refractivity contribution in [2.75, 3.05) is 64.6 Å². The molecule has 1 fully saturated rings. The first-order valence-electron chi connectivity index (χ1n) is 15.2. The number of carbonyl (C=O) groups is 1. The Morgan fingerprint density at radius 1 is 1.07 bits per heavy atom. The molecular weight excluding hydrogens is 568 g/mol. The maximum Gasteiger partial charge on any atom is 0.258 e. The second-order valence-electron chi connectivity index (χ2n) is 11.5. The predicted molar refractivity (Wildman–Crippen MR) is 181 cm³/mol. The van der Waals surface area contributed by atoms with E-state index in [1.165, 1.54) is 6.08 Å². The first-order valence-corrected chi connectivity index (χ1v) is 15.2.